The topological polar surface area (TPSA) is 95.6 Å². The van der Waals surface area contributed by atoms with Crippen molar-refractivity contribution in [1.29, 1.82) is 0 Å². The Morgan fingerprint density at radius 3 is 2.21 bits per heavy atom. The maximum Gasteiger partial charge on any atom is 0.262 e. The van der Waals surface area contributed by atoms with Crippen LogP contribution >= 0.6 is 0 Å². The first-order valence-corrected chi connectivity index (χ1v) is 11.2. The smallest absolute Gasteiger partial charge is 0.262 e. The Bertz CT molecular complexity index is 793. The molecule has 1 saturated carbocycles. The second-order valence-corrected chi connectivity index (χ2v) is 8.74. The highest BCUT2D eigenvalue weighted by atomic mass is 32.2. The van der Waals surface area contributed by atoms with Gasteiger partial charge in [0.25, 0.3) is 5.91 Å². The van der Waals surface area contributed by atoms with E-state index in [1.807, 2.05) is 0 Å². The van der Waals surface area contributed by atoms with Crippen LogP contribution < -0.4 is 10.9 Å². The van der Waals surface area contributed by atoms with E-state index in [4.69, 9.17) is 0 Å². The Kier molecular flexibility index (Phi) is 8.19. The van der Waals surface area contributed by atoms with Gasteiger partial charge in [0.1, 0.15) is 0 Å². The highest BCUT2D eigenvalue weighted by molar-refractivity contribution is 7.89. The minimum atomic E-state index is -3.50. The molecule has 0 saturated heterocycles. The van der Waals surface area contributed by atoms with Crippen LogP contribution in [0.15, 0.2) is 35.2 Å². The molecule has 0 unspecified atom stereocenters. The molecule has 0 aromatic heterocycles. The molecule has 0 spiro atoms. The number of hydrogen-bond donors (Lipinski definition) is 2. The Labute approximate surface area is 167 Å². The molecule has 2 rings (SSSR count). The molecule has 1 aromatic carbocycles. The molecular weight excluding hydrogens is 378 g/mol. The normalized spacial score (nSPS) is 15.7. The van der Waals surface area contributed by atoms with Crippen molar-refractivity contribution >= 4 is 27.9 Å². The molecule has 2 amide bonds. The maximum atomic E-state index is 12.5. The number of rotatable bonds is 7. The SMILES string of the molecule is CCN(CC)S(=O)(=O)c1ccc(/C=C/C(=O)NNC(=O)C2CCCCC2)cc1. The van der Waals surface area contributed by atoms with E-state index in [0.29, 0.717) is 18.7 Å². The second kappa shape index (κ2) is 10.4. The van der Waals surface area contributed by atoms with Gasteiger partial charge in [-0.25, -0.2) is 8.42 Å². The van der Waals surface area contributed by atoms with Crippen LogP contribution in [0.25, 0.3) is 6.08 Å². The fourth-order valence-corrected chi connectivity index (χ4v) is 4.73. The number of hydrogen-bond acceptors (Lipinski definition) is 4. The third kappa shape index (κ3) is 5.90. The summed E-state index contributed by atoms with van der Waals surface area (Å²) in [6, 6.07) is 6.33. The third-order valence-corrected chi connectivity index (χ3v) is 7.00. The molecule has 8 heteroatoms. The van der Waals surface area contributed by atoms with E-state index in [2.05, 4.69) is 10.9 Å². The molecule has 0 aliphatic heterocycles. The molecule has 1 fully saturated rings. The van der Waals surface area contributed by atoms with Gasteiger partial charge in [0, 0.05) is 25.1 Å². The number of carbonyl (C=O) groups excluding carboxylic acids is 2. The summed E-state index contributed by atoms with van der Waals surface area (Å²) in [4.78, 5) is 24.1. The van der Waals surface area contributed by atoms with E-state index in [-0.39, 0.29) is 16.7 Å². The number of nitrogens with zero attached hydrogens (tertiary/aromatic N) is 1. The molecule has 0 atom stereocenters. The lowest BCUT2D eigenvalue weighted by molar-refractivity contribution is -0.130. The van der Waals surface area contributed by atoms with Gasteiger partial charge in [-0.15, -0.1) is 0 Å². The first-order chi connectivity index (χ1) is 13.4. The molecule has 1 aliphatic carbocycles. The maximum absolute atomic E-state index is 12.5. The van der Waals surface area contributed by atoms with Crippen LogP contribution in [0.5, 0.6) is 0 Å². The summed E-state index contributed by atoms with van der Waals surface area (Å²) in [5, 5.41) is 0. The first kappa shape index (κ1) is 22.1. The minimum absolute atomic E-state index is 0.0293. The molecule has 7 nitrogen and oxygen atoms in total. The lowest BCUT2D eigenvalue weighted by Crippen LogP contribution is -2.44. The Hall–Kier alpha value is -2.19. The quantitative estimate of drug-likeness (QED) is 0.536. The van der Waals surface area contributed by atoms with Gasteiger partial charge in [-0.1, -0.05) is 45.2 Å². The highest BCUT2D eigenvalue weighted by Crippen LogP contribution is 2.23. The molecule has 154 valence electrons. The molecule has 2 N–H and O–H groups in total. The zero-order valence-corrected chi connectivity index (χ0v) is 17.3. The van der Waals surface area contributed by atoms with Crippen LogP contribution in [0.1, 0.15) is 51.5 Å². The fraction of sp³-hybridized carbons (Fsp3) is 0.500. The van der Waals surface area contributed by atoms with Crippen LogP contribution in [-0.2, 0) is 19.6 Å². The summed E-state index contributed by atoms with van der Waals surface area (Å²) in [5.74, 6) is -0.616. The molecule has 0 heterocycles. The predicted molar refractivity (Wildman–Crippen MR) is 108 cm³/mol. The number of carbonyl (C=O) groups is 2. The van der Waals surface area contributed by atoms with E-state index < -0.39 is 15.9 Å². The molecule has 1 aromatic rings. The van der Waals surface area contributed by atoms with Crippen molar-refractivity contribution in [2.75, 3.05) is 13.1 Å². The van der Waals surface area contributed by atoms with E-state index in [0.717, 1.165) is 32.1 Å². The van der Waals surface area contributed by atoms with E-state index >= 15 is 0 Å². The van der Waals surface area contributed by atoms with Crippen LogP contribution in [0.3, 0.4) is 0 Å². The van der Waals surface area contributed by atoms with Crippen LogP contribution in [0, 0.1) is 5.92 Å². The molecular formula is C20H29N3O4S. The van der Waals surface area contributed by atoms with Crippen molar-refractivity contribution in [1.82, 2.24) is 15.2 Å². The lowest BCUT2D eigenvalue weighted by Gasteiger charge is -2.20. The molecule has 28 heavy (non-hydrogen) atoms. The third-order valence-electron chi connectivity index (χ3n) is 4.94. The number of hydrazine groups is 1. The number of nitrogens with one attached hydrogen (secondary N) is 2. The molecule has 0 radical (unpaired) electrons. The van der Waals surface area contributed by atoms with Crippen molar-refractivity contribution in [2.24, 2.45) is 5.92 Å². The van der Waals surface area contributed by atoms with E-state index in [9.17, 15) is 18.0 Å². The van der Waals surface area contributed by atoms with Crippen LogP contribution in [0.4, 0.5) is 0 Å². The largest absolute Gasteiger partial charge is 0.273 e. The summed E-state index contributed by atoms with van der Waals surface area (Å²) in [6.45, 7) is 4.41. The average molecular weight is 408 g/mol. The summed E-state index contributed by atoms with van der Waals surface area (Å²) in [5.41, 5.74) is 5.54. The average Bonchev–Trinajstić information content (AvgIpc) is 2.72. The first-order valence-electron chi connectivity index (χ1n) is 9.76. The Morgan fingerprint density at radius 1 is 1.04 bits per heavy atom. The Morgan fingerprint density at radius 2 is 1.64 bits per heavy atom. The second-order valence-electron chi connectivity index (χ2n) is 6.81. The standard InChI is InChI=1S/C20H29N3O4S/c1-3-23(4-2)28(26,27)18-13-10-16(11-14-18)12-15-19(24)21-22-20(25)17-8-6-5-7-9-17/h10-15,17H,3-9H2,1-2H3,(H,21,24)(H,22,25)/b15-12+. The van der Waals surface area contributed by atoms with Crippen molar-refractivity contribution in [3.63, 3.8) is 0 Å². The van der Waals surface area contributed by atoms with E-state index in [1.54, 1.807) is 32.1 Å². The summed E-state index contributed by atoms with van der Waals surface area (Å²) >= 11 is 0. The van der Waals surface area contributed by atoms with Crippen molar-refractivity contribution < 1.29 is 18.0 Å². The van der Waals surface area contributed by atoms with Crippen molar-refractivity contribution in [2.45, 2.75) is 50.8 Å². The number of sulfonamides is 1. The van der Waals surface area contributed by atoms with Crippen molar-refractivity contribution in [3.05, 3.63) is 35.9 Å². The van der Waals surface area contributed by atoms with Gasteiger partial charge in [0.15, 0.2) is 0 Å². The Balaban J connectivity index is 1.89. The van der Waals surface area contributed by atoms with Gasteiger partial charge >= 0.3 is 0 Å². The lowest BCUT2D eigenvalue weighted by atomic mass is 9.89. The summed E-state index contributed by atoms with van der Waals surface area (Å²) in [7, 11) is -3.50. The van der Waals surface area contributed by atoms with Crippen LogP contribution in [-0.4, -0.2) is 37.6 Å². The van der Waals surface area contributed by atoms with Crippen LogP contribution in [0.2, 0.25) is 0 Å². The number of amides is 2. The van der Waals surface area contributed by atoms with Gasteiger partial charge in [-0.2, -0.15) is 4.31 Å². The summed E-state index contributed by atoms with van der Waals surface area (Å²) in [6.07, 6.45) is 7.84. The predicted octanol–water partition coefficient (Wildman–Crippen LogP) is 2.46. The zero-order valence-electron chi connectivity index (χ0n) is 16.5. The molecule has 1 aliphatic rings. The van der Waals surface area contributed by atoms with Crippen molar-refractivity contribution in [3.8, 4) is 0 Å². The van der Waals surface area contributed by atoms with Gasteiger partial charge in [-0.05, 0) is 36.6 Å². The zero-order chi connectivity index (χ0) is 20.6. The molecule has 0 bridgehead atoms. The number of benzene rings is 1. The summed E-state index contributed by atoms with van der Waals surface area (Å²) < 4.78 is 26.3. The van der Waals surface area contributed by atoms with Gasteiger partial charge < -0.3 is 0 Å². The van der Waals surface area contributed by atoms with Gasteiger partial charge in [0.05, 0.1) is 4.90 Å². The minimum Gasteiger partial charge on any atom is -0.273 e. The van der Waals surface area contributed by atoms with Gasteiger partial charge in [0.2, 0.25) is 15.9 Å². The monoisotopic (exact) mass is 407 g/mol. The highest BCUT2D eigenvalue weighted by Gasteiger charge is 2.22. The van der Waals surface area contributed by atoms with E-state index in [1.165, 1.54) is 22.5 Å². The fourth-order valence-electron chi connectivity index (χ4n) is 3.27. The van der Waals surface area contributed by atoms with Gasteiger partial charge in [-0.3, -0.25) is 20.4 Å².